The Bertz CT molecular complexity index is 444. The van der Waals surface area contributed by atoms with Gasteiger partial charge in [-0.25, -0.2) is 0 Å². The van der Waals surface area contributed by atoms with Gasteiger partial charge in [0.25, 0.3) is 0 Å². The SMILES string of the molecule is C[C@H]1C[C@H]1C(=O)N[C@@H]1CCOc2ccccc21. The van der Waals surface area contributed by atoms with E-state index >= 15 is 0 Å². The molecule has 1 fully saturated rings. The van der Waals surface area contributed by atoms with Crippen LogP contribution in [0, 0.1) is 11.8 Å². The summed E-state index contributed by atoms with van der Waals surface area (Å²) in [5, 5.41) is 3.15. The molecule has 0 aromatic heterocycles. The van der Waals surface area contributed by atoms with E-state index in [-0.39, 0.29) is 17.9 Å². The van der Waals surface area contributed by atoms with Crippen molar-refractivity contribution in [2.24, 2.45) is 11.8 Å². The molecule has 0 radical (unpaired) electrons. The summed E-state index contributed by atoms with van der Waals surface area (Å²) in [5.74, 6) is 1.92. The van der Waals surface area contributed by atoms with Gasteiger partial charge in [-0.3, -0.25) is 4.79 Å². The number of fused-ring (bicyclic) bond motifs is 1. The fourth-order valence-electron chi connectivity index (χ4n) is 2.46. The number of hydrogen-bond donors (Lipinski definition) is 1. The molecule has 3 nitrogen and oxygen atoms in total. The second-order valence-electron chi connectivity index (χ2n) is 5.06. The van der Waals surface area contributed by atoms with Crippen molar-refractivity contribution in [3.63, 3.8) is 0 Å². The molecule has 90 valence electrons. The number of benzene rings is 1. The van der Waals surface area contributed by atoms with Crippen molar-refractivity contribution in [3.8, 4) is 5.75 Å². The zero-order chi connectivity index (χ0) is 11.8. The molecule has 3 atom stereocenters. The lowest BCUT2D eigenvalue weighted by Gasteiger charge is -2.26. The van der Waals surface area contributed by atoms with E-state index in [9.17, 15) is 4.79 Å². The molecule has 0 unspecified atom stereocenters. The Morgan fingerprint density at radius 3 is 2.94 bits per heavy atom. The van der Waals surface area contributed by atoms with E-state index in [0.29, 0.717) is 12.5 Å². The Balaban J connectivity index is 1.74. The first-order valence-corrected chi connectivity index (χ1v) is 6.28. The van der Waals surface area contributed by atoms with Gasteiger partial charge >= 0.3 is 0 Å². The normalized spacial score (nSPS) is 30.1. The molecule has 17 heavy (non-hydrogen) atoms. The predicted octanol–water partition coefficient (Wildman–Crippen LogP) is 2.28. The van der Waals surface area contributed by atoms with E-state index in [1.165, 1.54) is 0 Å². The van der Waals surface area contributed by atoms with Gasteiger partial charge in [-0.05, 0) is 18.4 Å². The van der Waals surface area contributed by atoms with Crippen molar-refractivity contribution in [1.82, 2.24) is 5.32 Å². The second-order valence-corrected chi connectivity index (χ2v) is 5.06. The maximum Gasteiger partial charge on any atom is 0.223 e. The quantitative estimate of drug-likeness (QED) is 0.848. The summed E-state index contributed by atoms with van der Waals surface area (Å²) in [4.78, 5) is 11.9. The third-order valence-corrected chi connectivity index (χ3v) is 3.72. The van der Waals surface area contributed by atoms with Crippen LogP contribution < -0.4 is 10.1 Å². The van der Waals surface area contributed by atoms with Crippen molar-refractivity contribution in [1.29, 1.82) is 0 Å². The molecule has 1 aromatic carbocycles. The number of amides is 1. The van der Waals surface area contributed by atoms with Gasteiger partial charge in [0.1, 0.15) is 5.75 Å². The highest BCUT2D eigenvalue weighted by Gasteiger charge is 2.40. The molecule has 0 saturated heterocycles. The maximum absolute atomic E-state index is 11.9. The molecule has 3 heteroatoms. The van der Waals surface area contributed by atoms with Crippen LogP contribution in [0.2, 0.25) is 0 Å². The van der Waals surface area contributed by atoms with Crippen LogP contribution >= 0.6 is 0 Å². The maximum atomic E-state index is 11.9. The summed E-state index contributed by atoms with van der Waals surface area (Å²) < 4.78 is 5.58. The average molecular weight is 231 g/mol. The number of para-hydroxylation sites is 1. The minimum absolute atomic E-state index is 0.125. The van der Waals surface area contributed by atoms with Crippen LogP contribution in [0.1, 0.15) is 31.4 Å². The number of ether oxygens (including phenoxy) is 1. The summed E-state index contributed by atoms with van der Waals surface area (Å²) in [6.45, 7) is 2.81. The molecule has 0 bridgehead atoms. The third kappa shape index (κ3) is 2.02. The molecule has 1 aliphatic carbocycles. The Morgan fingerprint density at radius 2 is 2.18 bits per heavy atom. The summed E-state index contributed by atoms with van der Waals surface area (Å²) in [6.07, 6.45) is 1.90. The first-order valence-electron chi connectivity index (χ1n) is 6.28. The summed E-state index contributed by atoms with van der Waals surface area (Å²) in [5.41, 5.74) is 1.11. The van der Waals surface area contributed by atoms with Gasteiger partial charge < -0.3 is 10.1 Å². The van der Waals surface area contributed by atoms with Gasteiger partial charge in [0.05, 0.1) is 12.6 Å². The van der Waals surface area contributed by atoms with Gasteiger partial charge in [-0.1, -0.05) is 25.1 Å². The lowest BCUT2D eigenvalue weighted by molar-refractivity contribution is -0.123. The topological polar surface area (TPSA) is 38.3 Å². The molecule has 1 saturated carbocycles. The van der Waals surface area contributed by atoms with Crippen molar-refractivity contribution in [2.75, 3.05) is 6.61 Å². The number of carbonyl (C=O) groups is 1. The first-order chi connectivity index (χ1) is 8.25. The van der Waals surface area contributed by atoms with E-state index < -0.39 is 0 Å². The van der Waals surface area contributed by atoms with Crippen molar-refractivity contribution < 1.29 is 9.53 Å². The van der Waals surface area contributed by atoms with E-state index in [1.54, 1.807) is 0 Å². The highest BCUT2D eigenvalue weighted by Crippen LogP contribution is 2.39. The smallest absolute Gasteiger partial charge is 0.223 e. The van der Waals surface area contributed by atoms with Gasteiger partial charge in [-0.15, -0.1) is 0 Å². The molecule has 1 amide bonds. The highest BCUT2D eigenvalue weighted by atomic mass is 16.5. The molecule has 1 aliphatic heterocycles. The van der Waals surface area contributed by atoms with Crippen LogP contribution in [0.3, 0.4) is 0 Å². The molecule has 0 spiro atoms. The lowest BCUT2D eigenvalue weighted by atomic mass is 10.0. The Kier molecular flexibility index (Phi) is 2.54. The van der Waals surface area contributed by atoms with E-state index in [2.05, 4.69) is 12.2 Å². The minimum Gasteiger partial charge on any atom is -0.493 e. The standard InChI is InChI=1S/C14H17NO2/c1-9-8-11(9)14(16)15-12-6-7-17-13-5-3-2-4-10(12)13/h2-5,9,11-12H,6-8H2,1H3,(H,15,16)/t9-,11+,12+/m0/s1. The number of rotatable bonds is 2. The molecule has 1 N–H and O–H groups in total. The van der Waals surface area contributed by atoms with E-state index in [1.807, 2.05) is 24.3 Å². The molecule has 1 aromatic rings. The predicted molar refractivity (Wildman–Crippen MR) is 64.7 cm³/mol. The lowest BCUT2D eigenvalue weighted by Crippen LogP contribution is -2.33. The molecule has 3 rings (SSSR count). The molecule has 2 aliphatic rings. The van der Waals surface area contributed by atoms with E-state index in [4.69, 9.17) is 4.74 Å². The minimum atomic E-state index is 0.125. The Hall–Kier alpha value is -1.51. The largest absolute Gasteiger partial charge is 0.493 e. The summed E-state index contributed by atoms with van der Waals surface area (Å²) in [7, 11) is 0. The van der Waals surface area contributed by atoms with Gasteiger partial charge in [0.15, 0.2) is 0 Å². The second kappa shape index (κ2) is 4.06. The van der Waals surface area contributed by atoms with Crippen molar-refractivity contribution >= 4 is 5.91 Å². The van der Waals surface area contributed by atoms with Crippen LogP contribution in [0.4, 0.5) is 0 Å². The van der Waals surface area contributed by atoms with Gasteiger partial charge in [0.2, 0.25) is 5.91 Å². The monoisotopic (exact) mass is 231 g/mol. The van der Waals surface area contributed by atoms with Crippen LogP contribution in [0.5, 0.6) is 5.75 Å². The van der Waals surface area contributed by atoms with Gasteiger partial charge in [-0.2, -0.15) is 0 Å². The van der Waals surface area contributed by atoms with Crippen LogP contribution in [0.25, 0.3) is 0 Å². The third-order valence-electron chi connectivity index (χ3n) is 3.72. The molecule has 1 heterocycles. The summed E-state index contributed by atoms with van der Waals surface area (Å²) in [6, 6.07) is 8.09. The van der Waals surface area contributed by atoms with Crippen LogP contribution in [-0.4, -0.2) is 12.5 Å². The van der Waals surface area contributed by atoms with Crippen LogP contribution in [0.15, 0.2) is 24.3 Å². The number of hydrogen-bond acceptors (Lipinski definition) is 2. The highest BCUT2D eigenvalue weighted by molar-refractivity contribution is 5.82. The molecular formula is C14H17NO2. The van der Waals surface area contributed by atoms with Crippen molar-refractivity contribution in [3.05, 3.63) is 29.8 Å². The number of carbonyl (C=O) groups excluding carboxylic acids is 1. The van der Waals surface area contributed by atoms with E-state index in [0.717, 1.165) is 24.2 Å². The molecular weight excluding hydrogens is 214 g/mol. The Labute approximate surface area is 101 Å². The van der Waals surface area contributed by atoms with Crippen LogP contribution in [-0.2, 0) is 4.79 Å². The fraction of sp³-hybridized carbons (Fsp3) is 0.500. The van der Waals surface area contributed by atoms with Gasteiger partial charge in [0, 0.05) is 17.9 Å². The zero-order valence-corrected chi connectivity index (χ0v) is 9.98. The fourth-order valence-corrected chi connectivity index (χ4v) is 2.46. The Morgan fingerprint density at radius 1 is 1.41 bits per heavy atom. The zero-order valence-electron chi connectivity index (χ0n) is 9.98. The average Bonchev–Trinajstić information content (AvgIpc) is 3.07. The van der Waals surface area contributed by atoms with Crippen molar-refractivity contribution in [2.45, 2.75) is 25.8 Å². The first kappa shape index (κ1) is 10.6. The summed E-state index contributed by atoms with van der Waals surface area (Å²) >= 11 is 0. The number of nitrogens with one attached hydrogen (secondary N) is 1.